The molecule has 1 unspecified atom stereocenters. The molecule has 90 valence electrons. The normalized spacial score (nSPS) is 11.6. The third kappa shape index (κ3) is 2.66. The molecule has 0 aliphatic carbocycles. The lowest BCUT2D eigenvalue weighted by atomic mass is 9.95. The van der Waals surface area contributed by atoms with Gasteiger partial charge in [-0.2, -0.15) is 0 Å². The van der Waals surface area contributed by atoms with Crippen LogP contribution in [-0.2, 0) is 14.3 Å². The predicted octanol–water partition coefficient (Wildman–Crippen LogP) is 0.225. The molecule has 6 nitrogen and oxygen atoms in total. The minimum atomic E-state index is -1.48. The lowest BCUT2D eigenvalue weighted by molar-refractivity contribution is -0.146. The SMILES string of the molecule is COC(=O)C(C(C)=O)C(=O)c1cccnc1N. The Kier molecular flexibility index (Phi) is 3.92. The number of aromatic nitrogens is 1. The fourth-order valence-electron chi connectivity index (χ4n) is 1.36. The van der Waals surface area contributed by atoms with Gasteiger partial charge in [0.1, 0.15) is 5.82 Å². The van der Waals surface area contributed by atoms with Gasteiger partial charge in [-0.15, -0.1) is 0 Å². The molecule has 0 spiro atoms. The summed E-state index contributed by atoms with van der Waals surface area (Å²) < 4.78 is 4.41. The zero-order chi connectivity index (χ0) is 13.0. The van der Waals surface area contributed by atoms with Crippen molar-refractivity contribution >= 4 is 23.4 Å². The zero-order valence-electron chi connectivity index (χ0n) is 9.47. The van der Waals surface area contributed by atoms with Crippen LogP contribution in [0.5, 0.6) is 0 Å². The molecule has 2 N–H and O–H groups in total. The molecule has 1 heterocycles. The number of carbonyl (C=O) groups excluding carboxylic acids is 3. The van der Waals surface area contributed by atoms with Gasteiger partial charge in [0, 0.05) is 6.20 Å². The number of anilines is 1. The van der Waals surface area contributed by atoms with E-state index in [-0.39, 0.29) is 11.4 Å². The Balaban J connectivity index is 3.14. The number of hydrogen-bond acceptors (Lipinski definition) is 6. The van der Waals surface area contributed by atoms with Gasteiger partial charge in [-0.3, -0.25) is 14.4 Å². The van der Waals surface area contributed by atoms with Gasteiger partial charge in [-0.25, -0.2) is 4.98 Å². The molecule has 0 radical (unpaired) electrons. The van der Waals surface area contributed by atoms with Gasteiger partial charge in [-0.1, -0.05) is 0 Å². The highest BCUT2D eigenvalue weighted by Crippen LogP contribution is 2.15. The van der Waals surface area contributed by atoms with E-state index in [2.05, 4.69) is 9.72 Å². The number of nitrogen functional groups attached to an aromatic ring is 1. The van der Waals surface area contributed by atoms with E-state index in [1.807, 2.05) is 0 Å². The van der Waals surface area contributed by atoms with E-state index in [0.717, 1.165) is 14.0 Å². The Morgan fingerprint density at radius 1 is 1.41 bits per heavy atom. The van der Waals surface area contributed by atoms with Crippen LogP contribution in [0.15, 0.2) is 18.3 Å². The van der Waals surface area contributed by atoms with Crippen molar-refractivity contribution in [2.75, 3.05) is 12.8 Å². The van der Waals surface area contributed by atoms with E-state index in [0.29, 0.717) is 0 Å². The fourth-order valence-corrected chi connectivity index (χ4v) is 1.36. The molecule has 1 aromatic heterocycles. The van der Waals surface area contributed by atoms with Crippen LogP contribution in [0, 0.1) is 5.92 Å². The smallest absolute Gasteiger partial charge is 0.324 e. The molecule has 1 rings (SSSR count). The second kappa shape index (κ2) is 5.20. The van der Waals surface area contributed by atoms with Crippen LogP contribution in [0.25, 0.3) is 0 Å². The van der Waals surface area contributed by atoms with Gasteiger partial charge in [-0.05, 0) is 19.1 Å². The third-order valence-electron chi connectivity index (χ3n) is 2.21. The van der Waals surface area contributed by atoms with Gasteiger partial charge in [0.15, 0.2) is 17.5 Å². The fraction of sp³-hybridized carbons (Fsp3) is 0.273. The second-order valence-electron chi connectivity index (χ2n) is 3.37. The van der Waals surface area contributed by atoms with E-state index in [4.69, 9.17) is 5.73 Å². The summed E-state index contributed by atoms with van der Waals surface area (Å²) in [6, 6.07) is 2.90. The van der Waals surface area contributed by atoms with Gasteiger partial charge >= 0.3 is 5.97 Å². The number of hydrogen-bond donors (Lipinski definition) is 1. The van der Waals surface area contributed by atoms with E-state index >= 15 is 0 Å². The molecule has 6 heteroatoms. The van der Waals surface area contributed by atoms with Crippen molar-refractivity contribution in [3.05, 3.63) is 23.9 Å². The van der Waals surface area contributed by atoms with Crippen LogP contribution in [0.4, 0.5) is 5.82 Å². The second-order valence-corrected chi connectivity index (χ2v) is 3.37. The first-order chi connectivity index (χ1) is 7.99. The lowest BCUT2D eigenvalue weighted by Crippen LogP contribution is -2.32. The van der Waals surface area contributed by atoms with E-state index < -0.39 is 23.5 Å². The summed E-state index contributed by atoms with van der Waals surface area (Å²) in [5.74, 6) is -3.69. The van der Waals surface area contributed by atoms with E-state index in [1.54, 1.807) is 0 Å². The summed E-state index contributed by atoms with van der Waals surface area (Å²) >= 11 is 0. The zero-order valence-corrected chi connectivity index (χ0v) is 9.47. The molecule has 0 saturated carbocycles. The molecule has 0 fully saturated rings. The Labute approximate surface area is 97.8 Å². The molecule has 0 aliphatic rings. The van der Waals surface area contributed by atoms with Crippen molar-refractivity contribution in [3.63, 3.8) is 0 Å². The largest absolute Gasteiger partial charge is 0.468 e. The highest BCUT2D eigenvalue weighted by Gasteiger charge is 2.33. The van der Waals surface area contributed by atoms with Crippen LogP contribution in [0.3, 0.4) is 0 Å². The van der Waals surface area contributed by atoms with Crippen molar-refractivity contribution in [1.82, 2.24) is 4.98 Å². The highest BCUT2D eigenvalue weighted by atomic mass is 16.5. The number of pyridine rings is 1. The number of rotatable bonds is 4. The summed E-state index contributed by atoms with van der Waals surface area (Å²) in [7, 11) is 1.11. The molecule has 1 atom stereocenters. The maximum atomic E-state index is 12.0. The third-order valence-corrected chi connectivity index (χ3v) is 2.21. The molecule has 1 aromatic rings. The van der Waals surface area contributed by atoms with Gasteiger partial charge in [0.2, 0.25) is 0 Å². The van der Waals surface area contributed by atoms with E-state index in [9.17, 15) is 14.4 Å². The summed E-state index contributed by atoms with van der Waals surface area (Å²) in [6.07, 6.45) is 1.41. The quantitative estimate of drug-likeness (QED) is 0.456. The van der Waals surface area contributed by atoms with Crippen LogP contribution < -0.4 is 5.73 Å². The Morgan fingerprint density at radius 2 is 2.06 bits per heavy atom. The van der Waals surface area contributed by atoms with Gasteiger partial charge < -0.3 is 10.5 Å². The van der Waals surface area contributed by atoms with Gasteiger partial charge in [0.25, 0.3) is 0 Å². The number of nitrogens with two attached hydrogens (primary N) is 1. The molecule has 17 heavy (non-hydrogen) atoms. The number of methoxy groups -OCH3 is 1. The first-order valence-corrected chi connectivity index (χ1v) is 4.82. The molecule has 0 amide bonds. The number of ether oxygens (including phenoxy) is 1. The van der Waals surface area contributed by atoms with Gasteiger partial charge in [0.05, 0.1) is 12.7 Å². The molecular formula is C11H12N2O4. The molecule has 0 aromatic carbocycles. The van der Waals surface area contributed by atoms with Crippen molar-refractivity contribution in [2.45, 2.75) is 6.92 Å². The number of carbonyl (C=O) groups is 3. The lowest BCUT2D eigenvalue weighted by Gasteiger charge is -2.11. The number of ketones is 2. The summed E-state index contributed by atoms with van der Waals surface area (Å²) in [5, 5.41) is 0. The van der Waals surface area contributed by atoms with Crippen LogP contribution in [0.1, 0.15) is 17.3 Å². The van der Waals surface area contributed by atoms with Crippen LogP contribution >= 0.6 is 0 Å². The Hall–Kier alpha value is -2.24. The summed E-state index contributed by atoms with van der Waals surface area (Å²) in [5.41, 5.74) is 5.55. The van der Waals surface area contributed by atoms with Crippen molar-refractivity contribution < 1.29 is 19.1 Å². The first-order valence-electron chi connectivity index (χ1n) is 4.82. The minimum Gasteiger partial charge on any atom is -0.468 e. The topological polar surface area (TPSA) is 99.4 Å². The average Bonchev–Trinajstić information content (AvgIpc) is 2.28. The Bertz CT molecular complexity index is 470. The number of esters is 1. The maximum Gasteiger partial charge on any atom is 0.324 e. The van der Waals surface area contributed by atoms with Crippen LogP contribution in [-0.4, -0.2) is 29.6 Å². The maximum absolute atomic E-state index is 12.0. The highest BCUT2D eigenvalue weighted by molar-refractivity contribution is 6.23. The Morgan fingerprint density at radius 3 is 2.53 bits per heavy atom. The number of nitrogens with zero attached hydrogens (tertiary/aromatic N) is 1. The first kappa shape index (κ1) is 12.8. The summed E-state index contributed by atoms with van der Waals surface area (Å²) in [6.45, 7) is 1.14. The average molecular weight is 236 g/mol. The molecule has 0 bridgehead atoms. The summed E-state index contributed by atoms with van der Waals surface area (Å²) in [4.78, 5) is 38.3. The number of Topliss-reactive ketones (excluding diaryl/α,β-unsaturated/α-hetero) is 2. The van der Waals surface area contributed by atoms with Crippen LogP contribution in [0.2, 0.25) is 0 Å². The molecule has 0 saturated heterocycles. The predicted molar refractivity (Wildman–Crippen MR) is 59.2 cm³/mol. The van der Waals surface area contributed by atoms with Crippen molar-refractivity contribution in [1.29, 1.82) is 0 Å². The minimum absolute atomic E-state index is 0.0207. The standard InChI is InChI=1S/C11H12N2O4/c1-6(14)8(11(16)17-2)9(15)7-4-3-5-13-10(7)12/h3-5,8H,1-2H3,(H2,12,13). The van der Waals surface area contributed by atoms with E-state index in [1.165, 1.54) is 18.3 Å². The van der Waals surface area contributed by atoms with Crippen molar-refractivity contribution in [3.8, 4) is 0 Å². The molecular weight excluding hydrogens is 224 g/mol. The molecule has 0 aliphatic heterocycles. The van der Waals surface area contributed by atoms with Crippen molar-refractivity contribution in [2.24, 2.45) is 5.92 Å². The monoisotopic (exact) mass is 236 g/mol.